The number of nitrogens with one attached hydrogen (secondary N) is 1. The molecule has 1 heterocycles. The van der Waals surface area contributed by atoms with Crippen LogP contribution in [0.4, 0.5) is 18.0 Å². The Kier molecular flexibility index (Phi) is 5.03. The van der Waals surface area contributed by atoms with Crippen LogP contribution < -0.4 is 11.1 Å². The molecule has 0 spiro atoms. The van der Waals surface area contributed by atoms with Gasteiger partial charge in [0.15, 0.2) is 0 Å². The SMILES string of the molecule is NC(=O)NC1CCN(C(=O)c2cc(Cl)cc(C(F)(F)F)c2)CC1. The Morgan fingerprint density at radius 3 is 2.35 bits per heavy atom. The number of halogens is 4. The van der Waals surface area contributed by atoms with E-state index in [9.17, 15) is 22.8 Å². The fourth-order valence-electron chi connectivity index (χ4n) is 2.49. The molecule has 3 amide bonds. The second-order valence-electron chi connectivity index (χ2n) is 5.30. The van der Waals surface area contributed by atoms with Gasteiger partial charge in [0.2, 0.25) is 0 Å². The Balaban J connectivity index is 2.10. The number of primary amides is 1. The quantitative estimate of drug-likeness (QED) is 0.861. The Labute approximate surface area is 135 Å². The summed E-state index contributed by atoms with van der Waals surface area (Å²) in [6, 6.07) is 2.01. The minimum absolute atomic E-state index is 0.105. The maximum Gasteiger partial charge on any atom is 0.416 e. The van der Waals surface area contributed by atoms with Crippen molar-refractivity contribution < 1.29 is 22.8 Å². The van der Waals surface area contributed by atoms with Crippen LogP contribution in [-0.4, -0.2) is 36.0 Å². The molecular weight excluding hydrogens is 335 g/mol. The second-order valence-corrected chi connectivity index (χ2v) is 5.74. The van der Waals surface area contributed by atoms with Gasteiger partial charge in [0.25, 0.3) is 5.91 Å². The lowest BCUT2D eigenvalue weighted by molar-refractivity contribution is -0.137. The summed E-state index contributed by atoms with van der Waals surface area (Å²) in [4.78, 5) is 24.6. The molecule has 0 aromatic heterocycles. The Morgan fingerprint density at radius 2 is 1.83 bits per heavy atom. The number of nitrogens with two attached hydrogens (primary N) is 1. The first-order valence-electron chi connectivity index (χ1n) is 6.90. The Hall–Kier alpha value is -1.96. The van der Waals surface area contributed by atoms with Crippen LogP contribution in [0, 0.1) is 0 Å². The number of urea groups is 1. The van der Waals surface area contributed by atoms with Crippen LogP contribution in [0.3, 0.4) is 0 Å². The number of hydrogen-bond donors (Lipinski definition) is 2. The van der Waals surface area contributed by atoms with Gasteiger partial charge >= 0.3 is 12.2 Å². The number of nitrogens with zero attached hydrogens (tertiary/aromatic N) is 1. The lowest BCUT2D eigenvalue weighted by atomic mass is 10.0. The summed E-state index contributed by atoms with van der Waals surface area (Å²) in [6.45, 7) is 0.634. The summed E-state index contributed by atoms with van der Waals surface area (Å²) in [6.07, 6.45) is -3.60. The van der Waals surface area contributed by atoms with Crippen molar-refractivity contribution >= 4 is 23.5 Å². The molecule has 0 bridgehead atoms. The maximum atomic E-state index is 12.8. The highest BCUT2D eigenvalue weighted by Crippen LogP contribution is 2.32. The summed E-state index contributed by atoms with van der Waals surface area (Å²) in [5.41, 5.74) is 3.97. The van der Waals surface area contributed by atoms with Crippen LogP contribution in [-0.2, 0) is 6.18 Å². The first kappa shape index (κ1) is 17.4. The van der Waals surface area contributed by atoms with Crippen molar-refractivity contribution in [2.45, 2.75) is 25.1 Å². The molecular formula is C14H15ClF3N3O2. The van der Waals surface area contributed by atoms with Gasteiger partial charge in [0, 0.05) is 29.7 Å². The fraction of sp³-hybridized carbons (Fsp3) is 0.429. The minimum Gasteiger partial charge on any atom is -0.352 e. The maximum absolute atomic E-state index is 12.8. The zero-order valence-electron chi connectivity index (χ0n) is 12.0. The molecule has 1 aromatic carbocycles. The molecule has 1 aliphatic rings. The number of amides is 3. The van der Waals surface area contributed by atoms with Crippen molar-refractivity contribution in [3.63, 3.8) is 0 Å². The van der Waals surface area contributed by atoms with Gasteiger partial charge in [-0.15, -0.1) is 0 Å². The number of rotatable bonds is 2. The van der Waals surface area contributed by atoms with E-state index in [0.717, 1.165) is 12.1 Å². The third-order valence-corrected chi connectivity index (χ3v) is 3.82. The van der Waals surface area contributed by atoms with Crippen molar-refractivity contribution in [3.8, 4) is 0 Å². The lowest BCUT2D eigenvalue weighted by Gasteiger charge is -2.32. The average Bonchev–Trinajstić information content (AvgIpc) is 2.45. The van der Waals surface area contributed by atoms with E-state index in [2.05, 4.69) is 5.32 Å². The van der Waals surface area contributed by atoms with Crippen molar-refractivity contribution in [2.75, 3.05) is 13.1 Å². The first-order chi connectivity index (χ1) is 10.7. The zero-order chi connectivity index (χ0) is 17.2. The van der Waals surface area contributed by atoms with E-state index in [0.29, 0.717) is 25.9 Å². The molecule has 0 unspecified atom stereocenters. The number of carbonyl (C=O) groups excluding carboxylic acids is 2. The number of piperidine rings is 1. The van der Waals surface area contributed by atoms with Crippen molar-refractivity contribution in [3.05, 3.63) is 34.3 Å². The van der Waals surface area contributed by atoms with Crippen LogP contribution in [0.5, 0.6) is 0 Å². The number of hydrogen-bond acceptors (Lipinski definition) is 2. The zero-order valence-corrected chi connectivity index (χ0v) is 12.7. The topological polar surface area (TPSA) is 75.4 Å². The van der Waals surface area contributed by atoms with Crippen LogP contribution in [0.15, 0.2) is 18.2 Å². The molecule has 1 aliphatic heterocycles. The van der Waals surface area contributed by atoms with Gasteiger partial charge in [-0.1, -0.05) is 11.6 Å². The van der Waals surface area contributed by atoms with Gasteiger partial charge in [0.05, 0.1) is 5.56 Å². The minimum atomic E-state index is -4.57. The third kappa shape index (κ3) is 4.51. The van der Waals surface area contributed by atoms with Crippen LogP contribution in [0.2, 0.25) is 5.02 Å². The molecule has 1 saturated heterocycles. The largest absolute Gasteiger partial charge is 0.416 e. The summed E-state index contributed by atoms with van der Waals surface area (Å²) in [5.74, 6) is -0.518. The Bertz CT molecular complexity index is 614. The van der Waals surface area contributed by atoms with Crippen LogP contribution in [0.25, 0.3) is 0 Å². The van der Waals surface area contributed by atoms with Crippen molar-refractivity contribution in [2.24, 2.45) is 5.73 Å². The highest BCUT2D eigenvalue weighted by Gasteiger charge is 2.32. The molecule has 0 saturated carbocycles. The molecule has 23 heavy (non-hydrogen) atoms. The molecule has 126 valence electrons. The molecule has 1 aromatic rings. The summed E-state index contributed by atoms with van der Waals surface area (Å²) >= 11 is 5.69. The predicted octanol–water partition coefficient (Wildman–Crippen LogP) is 2.63. The highest BCUT2D eigenvalue weighted by molar-refractivity contribution is 6.31. The lowest BCUT2D eigenvalue weighted by Crippen LogP contribution is -2.47. The van der Waals surface area contributed by atoms with Gasteiger partial charge in [-0.2, -0.15) is 13.2 Å². The summed E-state index contributed by atoms with van der Waals surface area (Å²) in [7, 11) is 0. The van der Waals surface area contributed by atoms with Gasteiger partial charge in [0.1, 0.15) is 0 Å². The highest BCUT2D eigenvalue weighted by atomic mass is 35.5. The van der Waals surface area contributed by atoms with E-state index in [1.165, 1.54) is 11.0 Å². The molecule has 0 aliphatic carbocycles. The standard InChI is InChI=1S/C14H15ClF3N3O2/c15-10-6-8(5-9(7-10)14(16,17)18)12(22)21-3-1-11(2-4-21)20-13(19)23/h5-7,11H,1-4H2,(H3,19,20,23). The Morgan fingerprint density at radius 1 is 1.22 bits per heavy atom. The smallest absolute Gasteiger partial charge is 0.352 e. The summed E-state index contributed by atoms with van der Waals surface area (Å²) < 4.78 is 38.4. The van der Waals surface area contributed by atoms with Crippen molar-refractivity contribution in [1.82, 2.24) is 10.2 Å². The monoisotopic (exact) mass is 349 g/mol. The van der Waals surface area contributed by atoms with E-state index >= 15 is 0 Å². The van der Waals surface area contributed by atoms with E-state index in [-0.39, 0.29) is 16.6 Å². The molecule has 2 rings (SSSR count). The molecule has 3 N–H and O–H groups in total. The number of alkyl halides is 3. The van der Waals surface area contributed by atoms with Gasteiger partial charge in [-0.05, 0) is 31.0 Å². The average molecular weight is 350 g/mol. The van der Waals surface area contributed by atoms with Crippen LogP contribution in [0.1, 0.15) is 28.8 Å². The van der Waals surface area contributed by atoms with E-state index < -0.39 is 23.7 Å². The van der Waals surface area contributed by atoms with Gasteiger partial charge in [-0.3, -0.25) is 4.79 Å². The predicted molar refractivity (Wildman–Crippen MR) is 78.1 cm³/mol. The number of carbonyl (C=O) groups is 2. The van der Waals surface area contributed by atoms with Crippen molar-refractivity contribution in [1.29, 1.82) is 0 Å². The van der Waals surface area contributed by atoms with E-state index in [1.54, 1.807) is 0 Å². The normalized spacial score (nSPS) is 16.3. The molecule has 1 fully saturated rings. The molecule has 0 atom stereocenters. The molecule has 0 radical (unpaired) electrons. The fourth-order valence-corrected chi connectivity index (χ4v) is 2.72. The van der Waals surface area contributed by atoms with E-state index in [4.69, 9.17) is 17.3 Å². The number of likely N-dealkylation sites (tertiary alicyclic amines) is 1. The van der Waals surface area contributed by atoms with Gasteiger partial charge in [-0.25, -0.2) is 4.79 Å². The molecule has 5 nitrogen and oxygen atoms in total. The van der Waals surface area contributed by atoms with E-state index in [1.807, 2.05) is 0 Å². The second kappa shape index (κ2) is 6.66. The van der Waals surface area contributed by atoms with Crippen LogP contribution >= 0.6 is 11.6 Å². The number of benzene rings is 1. The molecule has 9 heteroatoms. The van der Waals surface area contributed by atoms with Gasteiger partial charge < -0.3 is 16.0 Å². The summed E-state index contributed by atoms with van der Waals surface area (Å²) in [5, 5.41) is 2.41. The third-order valence-electron chi connectivity index (χ3n) is 3.60. The first-order valence-corrected chi connectivity index (χ1v) is 7.27.